The third-order valence-electron chi connectivity index (χ3n) is 8.72. The van der Waals surface area contributed by atoms with Crippen molar-refractivity contribution < 1.29 is 8.42 Å². The number of aryl methyl sites for hydroxylation is 1. The summed E-state index contributed by atoms with van der Waals surface area (Å²) < 4.78 is 28.6. The van der Waals surface area contributed by atoms with Crippen molar-refractivity contribution in [1.82, 2.24) is 24.3 Å². The summed E-state index contributed by atoms with van der Waals surface area (Å²) in [7, 11) is -3.33. The molecule has 0 bridgehead atoms. The van der Waals surface area contributed by atoms with Crippen LogP contribution in [0, 0.1) is 11.8 Å². The number of hydrogen-bond acceptors (Lipinski definition) is 5. The van der Waals surface area contributed by atoms with Gasteiger partial charge in [-0.1, -0.05) is 65.4 Å². The van der Waals surface area contributed by atoms with Gasteiger partial charge in [0.15, 0.2) is 0 Å². The molecule has 1 N–H and O–H groups in total. The molecule has 1 fully saturated rings. The van der Waals surface area contributed by atoms with Crippen molar-refractivity contribution in [2.45, 2.75) is 51.9 Å². The second-order valence-electron chi connectivity index (χ2n) is 12.1. The summed E-state index contributed by atoms with van der Waals surface area (Å²) in [5.41, 5.74) is 7.75. The van der Waals surface area contributed by atoms with Gasteiger partial charge >= 0.3 is 0 Å². The van der Waals surface area contributed by atoms with E-state index in [-0.39, 0.29) is 0 Å². The lowest BCUT2D eigenvalue weighted by Crippen LogP contribution is -2.35. The first-order chi connectivity index (χ1) is 22.2. The lowest BCUT2D eigenvalue weighted by atomic mass is 10.0. The minimum Gasteiger partial charge on any atom is -0.309 e. The van der Waals surface area contributed by atoms with Gasteiger partial charge in [-0.3, -0.25) is 4.68 Å². The molecule has 0 saturated carbocycles. The van der Waals surface area contributed by atoms with E-state index in [1.165, 1.54) is 43.3 Å². The van der Waals surface area contributed by atoms with E-state index in [0.717, 1.165) is 65.7 Å². The standard InChI is InChI=1S/C36H39Cl2N5O2S/c1-46(44,45)42-22-17-35-33(26-42)36(40-43(35)21-4-20-41-18-2-3-19-41)31-13-16-34(38)30(23-31)12-9-27-5-7-28(8-6-27)24-39-25-29-10-14-32(37)15-11-29/h5-8,10-11,13-16,23,39H,2-4,17-22,24-26H2,1H3. The van der Waals surface area contributed by atoms with Crippen LogP contribution in [0.15, 0.2) is 66.7 Å². The first-order valence-electron chi connectivity index (χ1n) is 15.8. The first-order valence-corrected chi connectivity index (χ1v) is 18.5. The summed E-state index contributed by atoms with van der Waals surface area (Å²) in [6.07, 6.45) is 5.49. The maximum atomic E-state index is 12.5. The molecule has 0 radical (unpaired) electrons. The van der Waals surface area contributed by atoms with Crippen LogP contribution in [0.3, 0.4) is 0 Å². The van der Waals surface area contributed by atoms with Crippen LogP contribution in [-0.4, -0.2) is 59.8 Å². The van der Waals surface area contributed by atoms with Gasteiger partial charge in [0.05, 0.1) is 17.0 Å². The van der Waals surface area contributed by atoms with E-state index in [2.05, 4.69) is 38.9 Å². The zero-order chi connectivity index (χ0) is 32.1. The molecular formula is C36H39Cl2N5O2S. The number of nitrogens with one attached hydrogen (secondary N) is 1. The van der Waals surface area contributed by atoms with Gasteiger partial charge in [-0.25, -0.2) is 8.42 Å². The maximum Gasteiger partial charge on any atom is 0.211 e. The minimum atomic E-state index is -3.33. The smallest absolute Gasteiger partial charge is 0.211 e. The van der Waals surface area contributed by atoms with Crippen LogP contribution in [0.4, 0.5) is 0 Å². The molecule has 6 rings (SSSR count). The van der Waals surface area contributed by atoms with Gasteiger partial charge in [-0.2, -0.15) is 9.40 Å². The number of sulfonamides is 1. The Balaban J connectivity index is 1.18. The molecule has 0 atom stereocenters. The van der Waals surface area contributed by atoms with E-state index in [4.69, 9.17) is 28.3 Å². The predicted octanol–water partition coefficient (Wildman–Crippen LogP) is 6.35. The number of likely N-dealkylation sites (tertiary alicyclic amines) is 1. The van der Waals surface area contributed by atoms with Crippen molar-refractivity contribution in [3.8, 4) is 23.1 Å². The molecule has 0 unspecified atom stereocenters. The monoisotopic (exact) mass is 675 g/mol. The third-order valence-corrected chi connectivity index (χ3v) is 10.5. The second kappa shape index (κ2) is 14.7. The zero-order valence-corrected chi connectivity index (χ0v) is 28.4. The van der Waals surface area contributed by atoms with Crippen LogP contribution >= 0.6 is 23.2 Å². The van der Waals surface area contributed by atoms with Crippen molar-refractivity contribution in [1.29, 1.82) is 0 Å². The van der Waals surface area contributed by atoms with E-state index in [1.807, 2.05) is 54.6 Å². The average Bonchev–Trinajstić information content (AvgIpc) is 3.70. The topological polar surface area (TPSA) is 70.5 Å². The lowest BCUT2D eigenvalue weighted by molar-refractivity contribution is 0.319. The number of halogens is 2. The second-order valence-corrected chi connectivity index (χ2v) is 14.9. The Bertz CT molecular complexity index is 1840. The van der Waals surface area contributed by atoms with Gasteiger partial charge in [-0.15, -0.1) is 0 Å². The Kier molecular flexibility index (Phi) is 10.5. The molecule has 0 spiro atoms. The van der Waals surface area contributed by atoms with Gasteiger partial charge < -0.3 is 10.2 Å². The summed E-state index contributed by atoms with van der Waals surface area (Å²) in [6, 6.07) is 21.8. The average molecular weight is 677 g/mol. The summed E-state index contributed by atoms with van der Waals surface area (Å²) in [6.45, 7) is 6.51. The van der Waals surface area contributed by atoms with Crippen molar-refractivity contribution in [3.05, 3.63) is 110 Å². The largest absolute Gasteiger partial charge is 0.309 e. The van der Waals surface area contributed by atoms with E-state index < -0.39 is 10.0 Å². The Labute approximate surface area is 282 Å². The van der Waals surface area contributed by atoms with Gasteiger partial charge in [-0.05, 0) is 86.4 Å². The molecule has 3 heterocycles. The summed E-state index contributed by atoms with van der Waals surface area (Å²) in [4.78, 5) is 2.51. The molecular weight excluding hydrogens is 637 g/mol. The van der Waals surface area contributed by atoms with Crippen LogP contribution in [-0.2, 0) is 42.6 Å². The van der Waals surface area contributed by atoms with Crippen molar-refractivity contribution in [3.63, 3.8) is 0 Å². The van der Waals surface area contributed by atoms with Crippen molar-refractivity contribution in [2.75, 3.05) is 32.4 Å². The zero-order valence-electron chi connectivity index (χ0n) is 26.1. The van der Waals surface area contributed by atoms with Crippen LogP contribution in [0.5, 0.6) is 0 Å². The molecule has 0 amide bonds. The Morgan fingerprint density at radius 2 is 1.57 bits per heavy atom. The molecule has 1 aromatic heterocycles. The highest BCUT2D eigenvalue weighted by molar-refractivity contribution is 7.88. The van der Waals surface area contributed by atoms with Crippen LogP contribution in [0.2, 0.25) is 10.0 Å². The van der Waals surface area contributed by atoms with Crippen LogP contribution in [0.1, 0.15) is 52.8 Å². The molecule has 240 valence electrons. The molecule has 2 aliphatic heterocycles. The van der Waals surface area contributed by atoms with Crippen molar-refractivity contribution in [2.24, 2.45) is 0 Å². The van der Waals surface area contributed by atoms with Gasteiger partial charge in [0.2, 0.25) is 10.0 Å². The number of aromatic nitrogens is 2. The van der Waals surface area contributed by atoms with Gasteiger partial charge in [0.25, 0.3) is 0 Å². The number of fused-ring (bicyclic) bond motifs is 1. The summed E-state index contributed by atoms with van der Waals surface area (Å²) >= 11 is 12.6. The molecule has 10 heteroatoms. The van der Waals surface area contributed by atoms with Crippen LogP contribution < -0.4 is 5.32 Å². The summed E-state index contributed by atoms with van der Waals surface area (Å²) in [5, 5.41) is 9.83. The number of nitrogens with zero attached hydrogens (tertiary/aromatic N) is 4. The quantitative estimate of drug-likeness (QED) is 0.199. The summed E-state index contributed by atoms with van der Waals surface area (Å²) in [5.74, 6) is 6.52. The minimum absolute atomic E-state index is 0.320. The molecule has 7 nitrogen and oxygen atoms in total. The molecule has 1 saturated heterocycles. The third kappa shape index (κ3) is 8.21. The SMILES string of the molecule is CS(=O)(=O)N1CCc2c(c(-c3ccc(Cl)c(C#Cc4ccc(CNCc5ccc(Cl)cc5)cc4)c3)nn2CCCN2CCCC2)C1. The van der Waals surface area contributed by atoms with Crippen LogP contribution in [0.25, 0.3) is 11.3 Å². The number of rotatable bonds is 10. The molecule has 46 heavy (non-hydrogen) atoms. The van der Waals surface area contributed by atoms with Gasteiger partial charge in [0, 0.05) is 72.1 Å². The van der Waals surface area contributed by atoms with E-state index in [0.29, 0.717) is 30.1 Å². The molecule has 4 aromatic rings. The predicted molar refractivity (Wildman–Crippen MR) is 186 cm³/mol. The molecule has 0 aliphatic carbocycles. The van der Waals surface area contributed by atoms with E-state index in [9.17, 15) is 8.42 Å². The van der Waals surface area contributed by atoms with E-state index >= 15 is 0 Å². The Morgan fingerprint density at radius 1 is 0.870 bits per heavy atom. The molecule has 3 aromatic carbocycles. The van der Waals surface area contributed by atoms with Crippen molar-refractivity contribution >= 4 is 33.2 Å². The lowest BCUT2D eigenvalue weighted by Gasteiger charge is -2.26. The fourth-order valence-electron chi connectivity index (χ4n) is 6.18. The normalized spacial score (nSPS) is 15.5. The van der Waals surface area contributed by atoms with Gasteiger partial charge in [0.1, 0.15) is 0 Å². The fourth-order valence-corrected chi connectivity index (χ4v) is 7.26. The van der Waals surface area contributed by atoms with E-state index in [1.54, 1.807) is 4.31 Å². The number of benzene rings is 3. The maximum absolute atomic E-state index is 12.5. The first kappa shape index (κ1) is 32.8. The molecule has 2 aliphatic rings. The Hall–Kier alpha value is -3.16. The Morgan fingerprint density at radius 3 is 2.26 bits per heavy atom. The fraction of sp³-hybridized carbons (Fsp3) is 0.361. The highest BCUT2D eigenvalue weighted by atomic mass is 35.5. The number of hydrogen-bond donors (Lipinski definition) is 1. The highest BCUT2D eigenvalue weighted by Crippen LogP contribution is 2.33. The highest BCUT2D eigenvalue weighted by Gasteiger charge is 2.30.